The quantitative estimate of drug-likeness (QED) is 0.778. The molecule has 4 atom stereocenters. The van der Waals surface area contributed by atoms with Crippen molar-refractivity contribution >= 4 is 26.9 Å². The van der Waals surface area contributed by atoms with Crippen molar-refractivity contribution < 1.29 is 27.4 Å². The Morgan fingerprint density at radius 2 is 1.86 bits per heavy atom. The van der Waals surface area contributed by atoms with Crippen molar-refractivity contribution in [3.63, 3.8) is 0 Å². The van der Waals surface area contributed by atoms with E-state index in [0.29, 0.717) is 6.54 Å². The first kappa shape index (κ1) is 19.1. The number of amides is 1. The Morgan fingerprint density at radius 1 is 1.11 bits per heavy atom. The van der Waals surface area contributed by atoms with Crippen LogP contribution < -0.4 is 10.0 Å². The Bertz CT molecular complexity index is 979. The Balaban J connectivity index is 1.46. The van der Waals surface area contributed by atoms with Gasteiger partial charge in [0, 0.05) is 6.54 Å². The van der Waals surface area contributed by atoms with Crippen molar-refractivity contribution in [2.24, 2.45) is 0 Å². The van der Waals surface area contributed by atoms with Crippen LogP contribution in [0.15, 0.2) is 47.4 Å². The molecule has 28 heavy (non-hydrogen) atoms. The minimum Gasteiger partial charge on any atom is -0.441 e. The lowest BCUT2D eigenvalue weighted by Gasteiger charge is -2.18. The van der Waals surface area contributed by atoms with Crippen LogP contribution in [0.1, 0.15) is 6.92 Å². The number of hydrogen-bond acceptors (Lipinski definition) is 6. The van der Waals surface area contributed by atoms with E-state index in [9.17, 15) is 13.2 Å². The van der Waals surface area contributed by atoms with Crippen molar-refractivity contribution in [2.75, 3.05) is 19.8 Å². The number of rotatable bonds is 5. The van der Waals surface area contributed by atoms with Gasteiger partial charge in [-0.05, 0) is 29.8 Å². The van der Waals surface area contributed by atoms with Crippen LogP contribution >= 0.6 is 0 Å². The number of benzene rings is 2. The average Bonchev–Trinajstić information content (AvgIpc) is 3.25. The highest BCUT2D eigenvalue weighted by atomic mass is 32.2. The minimum atomic E-state index is -3.75. The van der Waals surface area contributed by atoms with Crippen molar-refractivity contribution in [3.8, 4) is 0 Å². The second-order valence-corrected chi connectivity index (χ2v) is 8.52. The molecule has 2 heterocycles. The van der Waals surface area contributed by atoms with Gasteiger partial charge in [0.1, 0.15) is 12.2 Å². The van der Waals surface area contributed by atoms with Crippen LogP contribution in [-0.4, -0.2) is 58.6 Å². The van der Waals surface area contributed by atoms with E-state index in [2.05, 4.69) is 10.0 Å². The molecule has 4 rings (SSSR count). The van der Waals surface area contributed by atoms with Crippen LogP contribution in [0.5, 0.6) is 0 Å². The maximum atomic E-state index is 12.8. The molecule has 0 aliphatic carbocycles. The maximum absolute atomic E-state index is 12.8. The van der Waals surface area contributed by atoms with Crippen molar-refractivity contribution in [1.82, 2.24) is 10.0 Å². The molecule has 9 heteroatoms. The van der Waals surface area contributed by atoms with Crippen molar-refractivity contribution in [1.29, 1.82) is 0 Å². The van der Waals surface area contributed by atoms with Gasteiger partial charge in [-0.2, -0.15) is 0 Å². The van der Waals surface area contributed by atoms with Crippen LogP contribution in [-0.2, 0) is 24.2 Å². The Hall–Kier alpha value is -2.20. The minimum absolute atomic E-state index is 0.150. The molecule has 2 aliphatic rings. The Labute approximate surface area is 163 Å². The highest BCUT2D eigenvalue weighted by Gasteiger charge is 2.50. The van der Waals surface area contributed by atoms with Gasteiger partial charge in [-0.25, -0.2) is 17.9 Å². The van der Waals surface area contributed by atoms with Gasteiger partial charge in [0.25, 0.3) is 0 Å². The number of nitrogens with one attached hydrogen (secondary N) is 2. The van der Waals surface area contributed by atoms with Crippen molar-refractivity contribution in [2.45, 2.75) is 36.2 Å². The van der Waals surface area contributed by atoms with E-state index >= 15 is 0 Å². The molecule has 0 unspecified atom stereocenters. The summed E-state index contributed by atoms with van der Waals surface area (Å²) in [6.45, 7) is 2.56. The Morgan fingerprint density at radius 3 is 2.64 bits per heavy atom. The normalized spacial score (nSPS) is 26.9. The summed E-state index contributed by atoms with van der Waals surface area (Å²) in [5.41, 5.74) is 0. The van der Waals surface area contributed by atoms with E-state index in [1.54, 1.807) is 25.1 Å². The predicted molar refractivity (Wildman–Crippen MR) is 101 cm³/mol. The fourth-order valence-electron chi connectivity index (χ4n) is 3.59. The zero-order valence-corrected chi connectivity index (χ0v) is 16.1. The third-order valence-corrected chi connectivity index (χ3v) is 6.41. The number of hydrogen-bond donors (Lipinski definition) is 2. The molecular formula is C19H22N2O6S. The topological polar surface area (TPSA) is 103 Å². The monoisotopic (exact) mass is 406 g/mol. The van der Waals surface area contributed by atoms with E-state index in [-0.39, 0.29) is 18.1 Å². The summed E-state index contributed by atoms with van der Waals surface area (Å²) in [5.74, 6) is 0. The van der Waals surface area contributed by atoms with Gasteiger partial charge in [0.05, 0.1) is 24.2 Å². The maximum Gasteiger partial charge on any atom is 0.407 e. The van der Waals surface area contributed by atoms with Crippen LogP contribution in [0, 0.1) is 0 Å². The molecular weight excluding hydrogens is 384 g/mol. The van der Waals surface area contributed by atoms with E-state index in [1.165, 1.54) is 0 Å². The molecule has 0 aromatic heterocycles. The molecule has 2 N–H and O–H groups in total. The molecule has 0 radical (unpaired) electrons. The highest BCUT2D eigenvalue weighted by molar-refractivity contribution is 7.89. The molecule has 0 bridgehead atoms. The molecule has 0 saturated carbocycles. The predicted octanol–water partition coefficient (Wildman–Crippen LogP) is 1.40. The second kappa shape index (κ2) is 7.67. The summed E-state index contributed by atoms with van der Waals surface area (Å²) in [5, 5.41) is 4.37. The first-order valence-corrected chi connectivity index (χ1v) is 10.6. The molecule has 2 aromatic carbocycles. The first-order chi connectivity index (χ1) is 13.5. The van der Waals surface area contributed by atoms with Gasteiger partial charge in [0.2, 0.25) is 10.0 Å². The molecule has 2 fully saturated rings. The third kappa shape index (κ3) is 3.70. The number of sulfonamides is 1. The van der Waals surface area contributed by atoms with Crippen LogP contribution in [0.4, 0.5) is 4.79 Å². The summed E-state index contributed by atoms with van der Waals surface area (Å²) in [6, 6.07) is 12.0. The lowest BCUT2D eigenvalue weighted by Crippen LogP contribution is -2.44. The second-order valence-electron chi connectivity index (χ2n) is 6.81. The van der Waals surface area contributed by atoms with Gasteiger partial charge in [-0.15, -0.1) is 0 Å². The van der Waals surface area contributed by atoms with Crippen molar-refractivity contribution in [3.05, 3.63) is 42.5 Å². The lowest BCUT2D eigenvalue weighted by atomic mass is 10.1. The lowest BCUT2D eigenvalue weighted by molar-refractivity contribution is 0.00428. The molecule has 1 amide bonds. The summed E-state index contributed by atoms with van der Waals surface area (Å²) >= 11 is 0. The molecule has 0 spiro atoms. The smallest absolute Gasteiger partial charge is 0.407 e. The van der Waals surface area contributed by atoms with Gasteiger partial charge >= 0.3 is 6.09 Å². The molecule has 8 nitrogen and oxygen atoms in total. The van der Waals surface area contributed by atoms with Crippen LogP contribution in [0.25, 0.3) is 10.8 Å². The number of ether oxygens (including phenoxy) is 3. The van der Waals surface area contributed by atoms with E-state index in [0.717, 1.165) is 10.8 Å². The third-order valence-electron chi connectivity index (χ3n) is 4.93. The van der Waals surface area contributed by atoms with E-state index in [4.69, 9.17) is 14.2 Å². The van der Waals surface area contributed by atoms with Gasteiger partial charge < -0.3 is 19.5 Å². The number of fused-ring (bicyclic) bond motifs is 2. The first-order valence-electron chi connectivity index (χ1n) is 9.17. The van der Waals surface area contributed by atoms with Gasteiger partial charge in [-0.3, -0.25) is 0 Å². The van der Waals surface area contributed by atoms with E-state index in [1.807, 2.05) is 24.3 Å². The summed E-state index contributed by atoms with van der Waals surface area (Å²) in [6.07, 6.45) is -2.10. The highest BCUT2D eigenvalue weighted by Crippen LogP contribution is 2.30. The van der Waals surface area contributed by atoms with Gasteiger partial charge in [-0.1, -0.05) is 30.3 Å². The summed E-state index contributed by atoms with van der Waals surface area (Å²) in [7, 11) is -3.75. The Kier molecular flexibility index (Phi) is 5.24. The number of carbonyl (C=O) groups is 1. The van der Waals surface area contributed by atoms with Crippen LogP contribution in [0.3, 0.4) is 0 Å². The van der Waals surface area contributed by atoms with E-state index < -0.39 is 40.5 Å². The number of alkyl carbamates (subject to hydrolysis) is 1. The van der Waals surface area contributed by atoms with Crippen LogP contribution in [0.2, 0.25) is 0 Å². The fraction of sp³-hybridized carbons (Fsp3) is 0.421. The average molecular weight is 406 g/mol. The van der Waals surface area contributed by atoms with Gasteiger partial charge in [0.15, 0.2) is 6.10 Å². The molecule has 2 saturated heterocycles. The summed E-state index contributed by atoms with van der Waals surface area (Å²) < 4.78 is 45.0. The number of carbonyl (C=O) groups excluding carboxylic acids is 1. The zero-order chi connectivity index (χ0) is 19.7. The SMILES string of the molecule is CCNC(=O)O[C@H]1CO[C@@H]2[C@@H]1OC[C@@H]2NS(=O)(=O)c1ccc2ccccc2c1. The standard InChI is InChI=1S/C19H22N2O6S/c1-2-20-19(22)27-16-11-26-17-15(10-25-18(16)17)21-28(23,24)14-8-7-12-5-3-4-6-13(12)9-14/h3-9,15-18,21H,2,10-11H2,1H3,(H,20,22)/t15-,16-,17-,18+/m0/s1. The zero-order valence-electron chi connectivity index (χ0n) is 15.3. The largest absolute Gasteiger partial charge is 0.441 e. The summed E-state index contributed by atoms with van der Waals surface area (Å²) in [4.78, 5) is 11.8. The molecule has 2 aromatic rings. The fourth-order valence-corrected chi connectivity index (χ4v) is 4.86. The molecule has 150 valence electrons. The molecule has 2 aliphatic heterocycles.